The number of piperazine rings is 1. The lowest BCUT2D eigenvalue weighted by Gasteiger charge is -2.34. The number of benzene rings is 1. The van der Waals surface area contributed by atoms with Crippen molar-refractivity contribution in [2.75, 3.05) is 26.2 Å². The average Bonchev–Trinajstić information content (AvgIpc) is 3.33. The molecule has 0 unspecified atom stereocenters. The molecule has 1 saturated heterocycles. The Morgan fingerprint density at radius 2 is 1.79 bits per heavy atom. The molecular formula is C22H25ClN4O2. The van der Waals surface area contributed by atoms with Gasteiger partial charge < -0.3 is 9.32 Å². The molecule has 0 bridgehead atoms. The highest BCUT2D eigenvalue weighted by Crippen LogP contribution is 2.20. The Kier molecular flexibility index (Phi) is 5.74. The molecule has 4 rings (SSSR count). The number of carbonyl (C=O) groups is 1. The molecule has 152 valence electrons. The van der Waals surface area contributed by atoms with Crippen molar-refractivity contribution in [3.05, 3.63) is 76.0 Å². The Morgan fingerprint density at radius 3 is 2.38 bits per heavy atom. The van der Waals surface area contributed by atoms with Gasteiger partial charge in [-0.2, -0.15) is 5.10 Å². The highest BCUT2D eigenvalue weighted by atomic mass is 35.5. The number of carbonyl (C=O) groups excluding carboxylic acids is 1. The molecule has 3 heterocycles. The van der Waals surface area contributed by atoms with E-state index >= 15 is 0 Å². The van der Waals surface area contributed by atoms with Crippen molar-refractivity contribution in [1.82, 2.24) is 19.6 Å². The van der Waals surface area contributed by atoms with Gasteiger partial charge in [0.2, 0.25) is 0 Å². The molecule has 1 aliphatic rings. The number of aryl methyl sites for hydroxylation is 1. The second kappa shape index (κ2) is 8.43. The van der Waals surface area contributed by atoms with Crippen molar-refractivity contribution in [3.8, 4) is 0 Å². The van der Waals surface area contributed by atoms with Gasteiger partial charge in [0.1, 0.15) is 5.76 Å². The molecule has 6 nitrogen and oxygen atoms in total. The van der Waals surface area contributed by atoms with Crippen molar-refractivity contribution in [2.45, 2.75) is 26.9 Å². The van der Waals surface area contributed by atoms with Crippen molar-refractivity contribution < 1.29 is 9.21 Å². The van der Waals surface area contributed by atoms with Crippen molar-refractivity contribution in [2.24, 2.45) is 0 Å². The fourth-order valence-electron chi connectivity index (χ4n) is 3.67. The topological polar surface area (TPSA) is 54.5 Å². The van der Waals surface area contributed by atoms with E-state index in [1.54, 1.807) is 6.26 Å². The molecule has 0 atom stereocenters. The van der Waals surface area contributed by atoms with Crippen LogP contribution in [0.5, 0.6) is 0 Å². The number of nitrogens with zero attached hydrogens (tertiary/aromatic N) is 4. The van der Waals surface area contributed by atoms with Gasteiger partial charge in [-0.1, -0.05) is 23.7 Å². The first-order valence-corrected chi connectivity index (χ1v) is 10.2. The zero-order valence-corrected chi connectivity index (χ0v) is 17.5. The van der Waals surface area contributed by atoms with Gasteiger partial charge in [0.05, 0.1) is 35.8 Å². The van der Waals surface area contributed by atoms with E-state index in [0.29, 0.717) is 11.6 Å². The first-order chi connectivity index (χ1) is 14.0. The summed E-state index contributed by atoms with van der Waals surface area (Å²) in [5.41, 5.74) is 3.60. The van der Waals surface area contributed by atoms with E-state index in [1.165, 1.54) is 0 Å². The maximum Gasteiger partial charge on any atom is 0.253 e. The molecule has 1 aliphatic heterocycles. The minimum absolute atomic E-state index is 0.0864. The summed E-state index contributed by atoms with van der Waals surface area (Å²) in [5, 5.41) is 5.18. The fourth-order valence-corrected chi connectivity index (χ4v) is 3.80. The SMILES string of the molecule is Cc1nn(Cc2ccc(C(=O)N3CCN(Cc4ccco4)CC3)cc2)c(C)c1Cl. The highest BCUT2D eigenvalue weighted by Gasteiger charge is 2.22. The summed E-state index contributed by atoms with van der Waals surface area (Å²) >= 11 is 6.22. The number of hydrogen-bond acceptors (Lipinski definition) is 4. The zero-order valence-electron chi connectivity index (χ0n) is 16.8. The second-order valence-electron chi connectivity index (χ2n) is 7.49. The number of amides is 1. The third kappa shape index (κ3) is 4.38. The van der Waals surface area contributed by atoms with E-state index in [4.69, 9.17) is 16.0 Å². The molecule has 1 aromatic carbocycles. The van der Waals surface area contributed by atoms with Crippen LogP contribution in [0.2, 0.25) is 5.02 Å². The number of furan rings is 1. The van der Waals surface area contributed by atoms with Crippen molar-refractivity contribution in [3.63, 3.8) is 0 Å². The van der Waals surface area contributed by atoms with E-state index in [1.807, 2.05) is 59.8 Å². The Balaban J connectivity index is 1.34. The minimum Gasteiger partial charge on any atom is -0.468 e. The van der Waals surface area contributed by atoms with Crippen LogP contribution in [0.15, 0.2) is 47.1 Å². The summed E-state index contributed by atoms with van der Waals surface area (Å²) in [7, 11) is 0. The van der Waals surface area contributed by atoms with E-state index < -0.39 is 0 Å². The normalized spacial score (nSPS) is 15.1. The van der Waals surface area contributed by atoms with Gasteiger partial charge in [-0.05, 0) is 43.7 Å². The molecule has 7 heteroatoms. The van der Waals surface area contributed by atoms with Crippen LogP contribution in [-0.2, 0) is 13.1 Å². The van der Waals surface area contributed by atoms with Crippen LogP contribution in [0.1, 0.15) is 33.1 Å². The lowest BCUT2D eigenvalue weighted by molar-refractivity contribution is 0.0620. The Bertz CT molecular complexity index is 971. The van der Waals surface area contributed by atoms with E-state index in [9.17, 15) is 4.79 Å². The van der Waals surface area contributed by atoms with Gasteiger partial charge in [-0.3, -0.25) is 14.4 Å². The summed E-state index contributed by atoms with van der Waals surface area (Å²) in [4.78, 5) is 17.1. The summed E-state index contributed by atoms with van der Waals surface area (Å²) in [6.45, 7) is 8.45. The molecule has 1 amide bonds. The smallest absolute Gasteiger partial charge is 0.253 e. The van der Waals surface area contributed by atoms with Gasteiger partial charge in [-0.25, -0.2) is 0 Å². The predicted molar refractivity (Wildman–Crippen MR) is 112 cm³/mol. The summed E-state index contributed by atoms with van der Waals surface area (Å²) < 4.78 is 7.31. The summed E-state index contributed by atoms with van der Waals surface area (Å²) in [6, 6.07) is 11.7. The standard InChI is InChI=1S/C22H25ClN4O2/c1-16-21(23)17(2)27(24-16)14-18-5-7-19(8-6-18)22(28)26-11-9-25(10-12-26)15-20-4-3-13-29-20/h3-8,13H,9-12,14-15H2,1-2H3. The van der Waals surface area contributed by atoms with E-state index in [2.05, 4.69) is 10.00 Å². The minimum atomic E-state index is 0.0864. The van der Waals surface area contributed by atoms with Crippen molar-refractivity contribution in [1.29, 1.82) is 0 Å². The third-order valence-electron chi connectivity index (χ3n) is 5.45. The van der Waals surface area contributed by atoms with E-state index in [-0.39, 0.29) is 5.91 Å². The van der Waals surface area contributed by atoms with Gasteiger partial charge in [-0.15, -0.1) is 0 Å². The molecule has 3 aromatic rings. The first-order valence-electron chi connectivity index (χ1n) is 9.83. The lowest BCUT2D eigenvalue weighted by Crippen LogP contribution is -2.48. The predicted octanol–water partition coefficient (Wildman–Crippen LogP) is 3.75. The quantitative estimate of drug-likeness (QED) is 0.640. The van der Waals surface area contributed by atoms with Crippen LogP contribution >= 0.6 is 11.6 Å². The number of aromatic nitrogens is 2. The second-order valence-corrected chi connectivity index (χ2v) is 7.87. The number of halogens is 1. The molecule has 1 fully saturated rings. The number of hydrogen-bond donors (Lipinski definition) is 0. The third-order valence-corrected chi connectivity index (χ3v) is 5.99. The van der Waals surface area contributed by atoms with Gasteiger partial charge in [0.25, 0.3) is 5.91 Å². The Morgan fingerprint density at radius 1 is 1.07 bits per heavy atom. The monoisotopic (exact) mass is 412 g/mol. The summed E-state index contributed by atoms with van der Waals surface area (Å²) in [6.07, 6.45) is 1.70. The fraction of sp³-hybridized carbons (Fsp3) is 0.364. The molecule has 0 spiro atoms. The van der Waals surface area contributed by atoms with Gasteiger partial charge in [0.15, 0.2) is 0 Å². The summed E-state index contributed by atoms with van der Waals surface area (Å²) in [5.74, 6) is 1.05. The van der Waals surface area contributed by atoms with Crippen LogP contribution in [0.4, 0.5) is 0 Å². The van der Waals surface area contributed by atoms with Gasteiger partial charge >= 0.3 is 0 Å². The number of rotatable bonds is 5. The first kappa shape index (κ1) is 19.7. The van der Waals surface area contributed by atoms with Crippen LogP contribution in [-0.4, -0.2) is 51.7 Å². The van der Waals surface area contributed by atoms with Crippen molar-refractivity contribution >= 4 is 17.5 Å². The largest absolute Gasteiger partial charge is 0.468 e. The average molecular weight is 413 g/mol. The molecule has 0 aliphatic carbocycles. The molecule has 2 aromatic heterocycles. The lowest BCUT2D eigenvalue weighted by atomic mass is 10.1. The highest BCUT2D eigenvalue weighted by molar-refractivity contribution is 6.31. The van der Waals surface area contributed by atoms with Crippen LogP contribution in [0.3, 0.4) is 0 Å². The maximum absolute atomic E-state index is 12.8. The Hall–Kier alpha value is -2.57. The zero-order chi connectivity index (χ0) is 20.4. The molecule has 29 heavy (non-hydrogen) atoms. The van der Waals surface area contributed by atoms with Gasteiger partial charge in [0, 0.05) is 31.7 Å². The maximum atomic E-state index is 12.8. The molecule has 0 radical (unpaired) electrons. The van der Waals surface area contributed by atoms with Crippen LogP contribution in [0, 0.1) is 13.8 Å². The Labute approximate surface area is 175 Å². The van der Waals surface area contributed by atoms with Crippen LogP contribution in [0.25, 0.3) is 0 Å². The molecule has 0 saturated carbocycles. The van der Waals surface area contributed by atoms with E-state index in [0.717, 1.165) is 61.0 Å². The molecule has 0 N–H and O–H groups in total. The van der Waals surface area contributed by atoms with Crippen LogP contribution < -0.4 is 0 Å². The molecular weight excluding hydrogens is 388 g/mol.